The van der Waals surface area contributed by atoms with Crippen molar-refractivity contribution >= 4 is 36.3 Å². The molecule has 0 rings (SSSR count). The van der Waals surface area contributed by atoms with E-state index in [9.17, 15) is 9.59 Å². The Bertz CT molecular complexity index is 212. The Balaban J connectivity index is 4.09. The Kier molecular flexibility index (Phi) is 7.04. The quantitative estimate of drug-likeness (QED) is 0.457. The molecule has 4 nitrogen and oxygen atoms in total. The Morgan fingerprint density at radius 2 is 2.07 bits per heavy atom. The highest BCUT2D eigenvalue weighted by atomic mass is 32.2. The first-order valence-corrected chi connectivity index (χ1v) is 6.08. The molecule has 0 fully saturated rings. The van der Waals surface area contributed by atoms with Crippen molar-refractivity contribution in [2.24, 2.45) is 0 Å². The SMILES string of the molecule is CSNC(CS)C(=O)NC(C)C(C)=O. The van der Waals surface area contributed by atoms with E-state index in [2.05, 4.69) is 22.7 Å². The number of hydrogen-bond donors (Lipinski definition) is 3. The normalized spacial score (nSPS) is 14.6. The van der Waals surface area contributed by atoms with Crippen LogP contribution in [0.25, 0.3) is 0 Å². The van der Waals surface area contributed by atoms with Gasteiger partial charge in [0.1, 0.15) is 6.04 Å². The van der Waals surface area contributed by atoms with Gasteiger partial charge in [-0.2, -0.15) is 12.6 Å². The number of carbonyl (C=O) groups excluding carboxylic acids is 2. The van der Waals surface area contributed by atoms with Crippen molar-refractivity contribution in [2.75, 3.05) is 12.0 Å². The number of thiol groups is 1. The number of carbonyl (C=O) groups is 2. The summed E-state index contributed by atoms with van der Waals surface area (Å²) in [6.45, 7) is 3.11. The summed E-state index contributed by atoms with van der Waals surface area (Å²) < 4.78 is 2.89. The molecule has 2 unspecified atom stereocenters. The predicted octanol–water partition coefficient (Wildman–Crippen LogP) is 0.246. The van der Waals surface area contributed by atoms with E-state index in [0.717, 1.165) is 0 Å². The van der Waals surface area contributed by atoms with Gasteiger partial charge in [-0.1, -0.05) is 11.9 Å². The molecule has 0 radical (unpaired) electrons. The van der Waals surface area contributed by atoms with Crippen molar-refractivity contribution in [3.05, 3.63) is 0 Å². The monoisotopic (exact) mass is 236 g/mol. The Labute approximate surface area is 94.1 Å². The van der Waals surface area contributed by atoms with Gasteiger partial charge in [-0.25, -0.2) is 0 Å². The zero-order valence-corrected chi connectivity index (χ0v) is 10.2. The fraction of sp³-hybridized carbons (Fsp3) is 0.750. The summed E-state index contributed by atoms with van der Waals surface area (Å²) in [6, 6.07) is -0.802. The number of hydrogen-bond acceptors (Lipinski definition) is 5. The predicted molar refractivity (Wildman–Crippen MR) is 62.6 cm³/mol. The van der Waals surface area contributed by atoms with Crippen LogP contribution in [0.5, 0.6) is 0 Å². The molecule has 6 heteroatoms. The number of nitrogens with one attached hydrogen (secondary N) is 2. The van der Waals surface area contributed by atoms with Gasteiger partial charge in [-0.05, 0) is 20.1 Å². The second kappa shape index (κ2) is 7.14. The van der Waals surface area contributed by atoms with E-state index in [1.807, 2.05) is 6.26 Å². The second-order valence-electron chi connectivity index (χ2n) is 2.90. The smallest absolute Gasteiger partial charge is 0.239 e. The fourth-order valence-electron chi connectivity index (χ4n) is 0.732. The van der Waals surface area contributed by atoms with Crippen LogP contribution in [0.3, 0.4) is 0 Å². The van der Waals surface area contributed by atoms with Gasteiger partial charge in [-0.15, -0.1) is 0 Å². The van der Waals surface area contributed by atoms with E-state index in [1.165, 1.54) is 18.9 Å². The summed E-state index contributed by atoms with van der Waals surface area (Å²) in [7, 11) is 0. The fourth-order valence-corrected chi connectivity index (χ4v) is 1.59. The van der Waals surface area contributed by atoms with E-state index < -0.39 is 6.04 Å². The van der Waals surface area contributed by atoms with Gasteiger partial charge in [0.2, 0.25) is 5.91 Å². The molecule has 0 spiro atoms. The molecule has 0 aliphatic carbocycles. The van der Waals surface area contributed by atoms with Crippen LogP contribution in [0.15, 0.2) is 0 Å². The first-order chi connectivity index (χ1) is 6.52. The van der Waals surface area contributed by atoms with Gasteiger partial charge in [0, 0.05) is 5.75 Å². The van der Waals surface area contributed by atoms with Crippen LogP contribution in [-0.4, -0.2) is 35.8 Å². The molecule has 0 heterocycles. The minimum absolute atomic E-state index is 0.0552. The van der Waals surface area contributed by atoms with Crippen molar-refractivity contribution < 1.29 is 9.59 Å². The largest absolute Gasteiger partial charge is 0.345 e. The summed E-state index contributed by atoms with van der Waals surface area (Å²) in [4.78, 5) is 22.4. The molecule has 0 aromatic heterocycles. The Hall–Kier alpha value is -0.200. The molecule has 2 atom stereocenters. The highest BCUT2D eigenvalue weighted by Crippen LogP contribution is 1.96. The van der Waals surface area contributed by atoms with E-state index in [0.29, 0.717) is 5.75 Å². The Morgan fingerprint density at radius 1 is 1.50 bits per heavy atom. The maximum atomic E-state index is 11.5. The first-order valence-electron chi connectivity index (χ1n) is 4.23. The lowest BCUT2D eigenvalue weighted by molar-refractivity contribution is -0.127. The van der Waals surface area contributed by atoms with Gasteiger partial charge in [0.05, 0.1) is 6.04 Å². The lowest BCUT2D eigenvalue weighted by Gasteiger charge is -2.17. The number of Topliss-reactive ketones (excluding diaryl/α,β-unsaturated/α-hetero) is 1. The third-order valence-electron chi connectivity index (χ3n) is 1.73. The van der Waals surface area contributed by atoms with Crippen molar-refractivity contribution in [1.82, 2.24) is 10.0 Å². The molecule has 0 saturated carbocycles. The molecule has 0 aromatic carbocycles. The van der Waals surface area contributed by atoms with E-state index in [1.54, 1.807) is 6.92 Å². The average molecular weight is 236 g/mol. The molecule has 0 aliphatic rings. The van der Waals surface area contributed by atoms with Crippen molar-refractivity contribution in [1.29, 1.82) is 0 Å². The van der Waals surface area contributed by atoms with Gasteiger partial charge in [-0.3, -0.25) is 14.3 Å². The molecule has 1 amide bonds. The van der Waals surface area contributed by atoms with Crippen LogP contribution in [0, 0.1) is 0 Å². The molecular weight excluding hydrogens is 220 g/mol. The number of amides is 1. The zero-order valence-electron chi connectivity index (χ0n) is 8.53. The molecule has 0 aromatic rings. The van der Waals surface area contributed by atoms with Crippen LogP contribution < -0.4 is 10.0 Å². The third-order valence-corrected chi connectivity index (χ3v) is 2.61. The van der Waals surface area contributed by atoms with E-state index in [-0.39, 0.29) is 17.7 Å². The maximum absolute atomic E-state index is 11.5. The topological polar surface area (TPSA) is 58.2 Å². The third kappa shape index (κ3) is 4.88. The molecule has 82 valence electrons. The molecule has 0 saturated heterocycles. The van der Waals surface area contributed by atoms with Crippen molar-refractivity contribution in [3.63, 3.8) is 0 Å². The highest BCUT2D eigenvalue weighted by molar-refractivity contribution is 7.96. The zero-order chi connectivity index (χ0) is 11.1. The lowest BCUT2D eigenvalue weighted by Crippen LogP contribution is -2.48. The van der Waals surface area contributed by atoms with E-state index >= 15 is 0 Å². The standard InChI is InChI=1S/C8H16N2O2S2/c1-5(6(2)11)9-8(12)7(4-13)10-14-3/h5,7,10,13H,4H2,1-3H3,(H,9,12). The summed E-state index contributed by atoms with van der Waals surface area (Å²) in [5.74, 6) is 0.148. The molecule has 2 N–H and O–H groups in total. The summed E-state index contributed by atoms with van der Waals surface area (Å²) in [5, 5.41) is 2.60. The maximum Gasteiger partial charge on any atom is 0.239 e. The van der Waals surface area contributed by atoms with Crippen LogP contribution in [0.2, 0.25) is 0 Å². The van der Waals surface area contributed by atoms with E-state index in [4.69, 9.17) is 0 Å². The first kappa shape index (κ1) is 13.8. The van der Waals surface area contributed by atoms with Gasteiger partial charge in [0.15, 0.2) is 5.78 Å². The number of rotatable bonds is 6. The minimum atomic E-state index is -0.437. The minimum Gasteiger partial charge on any atom is -0.345 e. The van der Waals surface area contributed by atoms with Crippen molar-refractivity contribution in [3.8, 4) is 0 Å². The molecule has 14 heavy (non-hydrogen) atoms. The van der Waals surface area contributed by atoms with Crippen LogP contribution >= 0.6 is 24.6 Å². The van der Waals surface area contributed by atoms with Crippen molar-refractivity contribution in [2.45, 2.75) is 25.9 Å². The average Bonchev–Trinajstić information content (AvgIpc) is 2.13. The van der Waals surface area contributed by atoms with Crippen LogP contribution in [0.1, 0.15) is 13.8 Å². The van der Waals surface area contributed by atoms with Gasteiger partial charge >= 0.3 is 0 Å². The van der Waals surface area contributed by atoms with Crippen LogP contribution in [0.4, 0.5) is 0 Å². The summed E-state index contributed by atoms with van der Waals surface area (Å²) in [5.41, 5.74) is 0. The lowest BCUT2D eigenvalue weighted by atomic mass is 10.2. The summed E-state index contributed by atoms with van der Waals surface area (Å²) >= 11 is 5.39. The van der Waals surface area contributed by atoms with Gasteiger partial charge < -0.3 is 5.32 Å². The molecular formula is C8H16N2O2S2. The Morgan fingerprint density at radius 3 is 2.43 bits per heavy atom. The second-order valence-corrected chi connectivity index (χ2v) is 3.91. The molecule has 0 aliphatic heterocycles. The summed E-state index contributed by atoms with van der Waals surface area (Å²) in [6.07, 6.45) is 1.83. The molecule has 0 bridgehead atoms. The highest BCUT2D eigenvalue weighted by Gasteiger charge is 2.19. The number of ketones is 1. The van der Waals surface area contributed by atoms with Gasteiger partial charge in [0.25, 0.3) is 0 Å². The van der Waals surface area contributed by atoms with Crippen LogP contribution in [-0.2, 0) is 9.59 Å².